The molecule has 82 valence electrons. The van der Waals surface area contributed by atoms with Gasteiger partial charge in [0.25, 0.3) is 5.56 Å². The Morgan fingerprint density at radius 2 is 2.31 bits per heavy atom. The Labute approximate surface area is 87.7 Å². The van der Waals surface area contributed by atoms with Gasteiger partial charge in [-0.3, -0.25) is 9.59 Å². The van der Waals surface area contributed by atoms with Crippen LogP contribution in [-0.2, 0) is 11.3 Å². The number of tetrazole rings is 1. The summed E-state index contributed by atoms with van der Waals surface area (Å²) in [6.07, 6.45) is 0. The quantitative estimate of drug-likeness (QED) is 0.647. The molecule has 16 heavy (non-hydrogen) atoms. The first-order valence-electron chi connectivity index (χ1n) is 4.21. The normalized spacial score (nSPS) is 10.2. The summed E-state index contributed by atoms with van der Waals surface area (Å²) in [6.45, 7) is -0.372. The van der Waals surface area contributed by atoms with Gasteiger partial charge in [0.2, 0.25) is 5.82 Å². The van der Waals surface area contributed by atoms with Gasteiger partial charge in [0.05, 0.1) is 0 Å². The molecule has 2 heterocycles. The monoisotopic (exact) mass is 222 g/mol. The number of aromatic amines is 1. The molecule has 2 rings (SSSR count). The van der Waals surface area contributed by atoms with E-state index in [0.29, 0.717) is 5.69 Å². The number of carbonyl (C=O) groups is 1. The number of carboxylic acids is 1. The first-order chi connectivity index (χ1) is 7.66. The number of nitrogens with one attached hydrogen (secondary N) is 1. The van der Waals surface area contributed by atoms with Crippen LogP contribution in [-0.4, -0.2) is 41.5 Å². The highest BCUT2D eigenvalue weighted by Crippen LogP contribution is 2.09. The maximum atomic E-state index is 10.8. The lowest BCUT2D eigenvalue weighted by Gasteiger charge is -1.99. The minimum Gasteiger partial charge on any atom is -0.480 e. The Morgan fingerprint density at radius 1 is 1.50 bits per heavy atom. The van der Waals surface area contributed by atoms with E-state index in [9.17, 15) is 9.59 Å². The smallest absolute Gasteiger partial charge is 0.325 e. The molecular formula is C7H6N6O3. The largest absolute Gasteiger partial charge is 0.480 e. The molecular weight excluding hydrogens is 216 g/mol. The van der Waals surface area contributed by atoms with Crippen molar-refractivity contribution in [1.29, 1.82) is 0 Å². The Kier molecular flexibility index (Phi) is 2.42. The number of aliphatic carboxylic acids is 1. The predicted octanol–water partition coefficient (Wildman–Crippen LogP) is -1.49. The van der Waals surface area contributed by atoms with Gasteiger partial charge < -0.3 is 5.11 Å². The molecule has 2 aromatic heterocycles. The second-order valence-corrected chi connectivity index (χ2v) is 2.86. The molecule has 0 aliphatic carbocycles. The van der Waals surface area contributed by atoms with Crippen molar-refractivity contribution in [1.82, 2.24) is 30.4 Å². The van der Waals surface area contributed by atoms with E-state index < -0.39 is 5.97 Å². The van der Waals surface area contributed by atoms with Gasteiger partial charge >= 0.3 is 5.97 Å². The van der Waals surface area contributed by atoms with Crippen LogP contribution in [0.3, 0.4) is 0 Å². The molecule has 0 aromatic carbocycles. The fraction of sp³-hybridized carbons (Fsp3) is 0.143. The Morgan fingerprint density at radius 3 is 2.94 bits per heavy atom. The van der Waals surface area contributed by atoms with Crippen molar-refractivity contribution < 1.29 is 9.90 Å². The van der Waals surface area contributed by atoms with Crippen molar-refractivity contribution in [2.75, 3.05) is 0 Å². The Balaban J connectivity index is 2.40. The summed E-state index contributed by atoms with van der Waals surface area (Å²) in [5.41, 5.74) is -0.0631. The highest BCUT2D eigenvalue weighted by atomic mass is 16.4. The summed E-state index contributed by atoms with van der Waals surface area (Å²) in [5.74, 6) is -0.892. The molecule has 0 fully saturated rings. The number of hydrogen-bond donors (Lipinski definition) is 2. The molecule has 0 aliphatic heterocycles. The van der Waals surface area contributed by atoms with Crippen molar-refractivity contribution in [3.63, 3.8) is 0 Å². The van der Waals surface area contributed by atoms with E-state index in [2.05, 4.69) is 25.7 Å². The van der Waals surface area contributed by atoms with Crippen molar-refractivity contribution in [3.05, 3.63) is 22.5 Å². The second-order valence-electron chi connectivity index (χ2n) is 2.86. The topological polar surface area (TPSA) is 127 Å². The molecule has 0 unspecified atom stereocenters. The summed E-state index contributed by atoms with van der Waals surface area (Å²) in [5, 5.41) is 25.0. The minimum absolute atomic E-state index is 0.179. The molecule has 9 nitrogen and oxygen atoms in total. The fourth-order valence-corrected chi connectivity index (χ4v) is 1.09. The first kappa shape index (κ1) is 9.96. The van der Waals surface area contributed by atoms with E-state index in [1.54, 1.807) is 0 Å². The Bertz CT molecular complexity index is 553. The van der Waals surface area contributed by atoms with Crippen molar-refractivity contribution in [2.45, 2.75) is 6.54 Å². The minimum atomic E-state index is -1.07. The van der Waals surface area contributed by atoms with Gasteiger partial charge in [-0.15, -0.1) is 5.10 Å². The summed E-state index contributed by atoms with van der Waals surface area (Å²) < 4.78 is 1.07. The highest BCUT2D eigenvalue weighted by Gasteiger charge is 2.12. The molecule has 0 aliphatic rings. The standard InChI is InChI=1S/C7H6N6O3/c14-5-2-1-4(8-9-5)7-10-11-12-13(7)3-6(15)16/h1-2H,3H2,(H,9,14)(H,15,16). The molecule has 0 bridgehead atoms. The van der Waals surface area contributed by atoms with Crippen molar-refractivity contribution in [2.24, 2.45) is 0 Å². The number of carboxylic acid groups (broad SMARTS) is 1. The number of H-pyrrole nitrogens is 1. The third-order valence-electron chi connectivity index (χ3n) is 1.73. The first-order valence-corrected chi connectivity index (χ1v) is 4.21. The maximum Gasteiger partial charge on any atom is 0.325 e. The summed E-state index contributed by atoms with van der Waals surface area (Å²) in [4.78, 5) is 21.3. The summed E-state index contributed by atoms with van der Waals surface area (Å²) in [7, 11) is 0. The van der Waals surface area contributed by atoms with E-state index >= 15 is 0 Å². The zero-order chi connectivity index (χ0) is 11.5. The maximum absolute atomic E-state index is 10.8. The van der Waals surface area contributed by atoms with Crippen LogP contribution >= 0.6 is 0 Å². The van der Waals surface area contributed by atoms with Crippen LogP contribution in [0.15, 0.2) is 16.9 Å². The summed E-state index contributed by atoms with van der Waals surface area (Å²) in [6, 6.07) is 2.66. The van der Waals surface area contributed by atoms with Crippen LogP contribution in [0.4, 0.5) is 0 Å². The highest BCUT2D eigenvalue weighted by molar-refractivity contribution is 5.67. The number of hydrogen-bond acceptors (Lipinski definition) is 6. The van der Waals surface area contributed by atoms with Crippen LogP contribution in [0.25, 0.3) is 11.5 Å². The third kappa shape index (κ3) is 1.92. The van der Waals surface area contributed by atoms with Gasteiger partial charge in [-0.2, -0.15) is 5.10 Å². The van der Waals surface area contributed by atoms with Crippen molar-refractivity contribution >= 4 is 5.97 Å². The van der Waals surface area contributed by atoms with Gasteiger partial charge in [-0.25, -0.2) is 9.78 Å². The molecule has 9 heteroatoms. The van der Waals surface area contributed by atoms with E-state index in [-0.39, 0.29) is 17.9 Å². The predicted molar refractivity (Wildman–Crippen MR) is 49.3 cm³/mol. The lowest BCUT2D eigenvalue weighted by atomic mass is 10.4. The van der Waals surface area contributed by atoms with Crippen LogP contribution in [0.5, 0.6) is 0 Å². The fourth-order valence-electron chi connectivity index (χ4n) is 1.09. The number of rotatable bonds is 3. The number of aromatic nitrogens is 6. The van der Waals surface area contributed by atoms with Crippen LogP contribution in [0.2, 0.25) is 0 Å². The molecule has 0 spiro atoms. The molecule has 0 radical (unpaired) electrons. The zero-order valence-electron chi connectivity index (χ0n) is 7.86. The van der Waals surface area contributed by atoms with Gasteiger partial charge in [0, 0.05) is 6.07 Å². The van der Waals surface area contributed by atoms with Gasteiger partial charge in [0.15, 0.2) is 0 Å². The van der Waals surface area contributed by atoms with Gasteiger partial charge in [-0.05, 0) is 16.5 Å². The third-order valence-corrected chi connectivity index (χ3v) is 1.73. The van der Waals surface area contributed by atoms with Gasteiger partial charge in [0.1, 0.15) is 12.2 Å². The molecule has 0 saturated heterocycles. The van der Waals surface area contributed by atoms with E-state index in [1.807, 2.05) is 0 Å². The van der Waals surface area contributed by atoms with Crippen molar-refractivity contribution in [3.8, 4) is 11.5 Å². The van der Waals surface area contributed by atoms with Crippen LogP contribution < -0.4 is 5.56 Å². The van der Waals surface area contributed by atoms with E-state index in [0.717, 1.165) is 4.68 Å². The summed E-state index contributed by atoms with van der Waals surface area (Å²) >= 11 is 0. The van der Waals surface area contributed by atoms with Gasteiger partial charge in [-0.1, -0.05) is 0 Å². The average molecular weight is 222 g/mol. The molecule has 0 amide bonds. The zero-order valence-corrected chi connectivity index (χ0v) is 7.86. The lowest BCUT2D eigenvalue weighted by Crippen LogP contribution is -2.13. The molecule has 2 N–H and O–H groups in total. The SMILES string of the molecule is O=C(O)Cn1nnnc1-c1ccc(=O)[nH]n1. The number of nitrogens with zero attached hydrogens (tertiary/aromatic N) is 5. The molecule has 2 aromatic rings. The van der Waals surface area contributed by atoms with Crippen LogP contribution in [0, 0.1) is 0 Å². The molecule has 0 saturated carbocycles. The van der Waals surface area contributed by atoms with Crippen LogP contribution in [0.1, 0.15) is 0 Å². The van der Waals surface area contributed by atoms with E-state index in [1.165, 1.54) is 12.1 Å². The van der Waals surface area contributed by atoms with E-state index in [4.69, 9.17) is 5.11 Å². The second kappa shape index (κ2) is 3.88. The lowest BCUT2D eigenvalue weighted by molar-refractivity contribution is -0.137. The average Bonchev–Trinajstić information content (AvgIpc) is 2.66. The Hall–Kier alpha value is -2.58. The molecule has 0 atom stereocenters.